The molecule has 0 bridgehead atoms. The Kier molecular flexibility index (Phi) is 3.00. The Labute approximate surface area is 132 Å². The van der Waals surface area contributed by atoms with Crippen LogP contribution in [0.2, 0.25) is 0 Å². The molecule has 0 radical (unpaired) electrons. The van der Waals surface area contributed by atoms with Crippen LogP contribution in [-0.4, -0.2) is 15.9 Å². The predicted octanol–water partition coefficient (Wildman–Crippen LogP) is 3.97. The van der Waals surface area contributed by atoms with E-state index in [9.17, 15) is 0 Å². The zero-order valence-electron chi connectivity index (χ0n) is 11.9. The van der Waals surface area contributed by atoms with Crippen molar-refractivity contribution < 1.29 is 0 Å². The minimum atomic E-state index is 0.914. The van der Waals surface area contributed by atoms with Crippen molar-refractivity contribution in [1.29, 1.82) is 0 Å². The number of pyridine rings is 1. The second kappa shape index (κ2) is 4.88. The highest BCUT2D eigenvalue weighted by Gasteiger charge is 2.22. The Morgan fingerprint density at radius 2 is 1.90 bits per heavy atom. The maximum atomic E-state index is 4.80. The summed E-state index contributed by atoms with van der Waals surface area (Å²) in [6.45, 7) is 4.08. The first-order chi connectivity index (χ1) is 10.2. The lowest BCUT2D eigenvalue weighted by Gasteiger charge is -2.29. The van der Waals surface area contributed by atoms with Crippen molar-refractivity contribution in [3.8, 4) is 0 Å². The molecule has 0 saturated heterocycles. The maximum Gasteiger partial charge on any atom is 0.137 e. The number of halogens is 1. The van der Waals surface area contributed by atoms with Crippen molar-refractivity contribution in [2.45, 2.75) is 19.9 Å². The fourth-order valence-corrected chi connectivity index (χ4v) is 3.41. The number of hydrogen-bond donors (Lipinski definition) is 0. The lowest BCUT2D eigenvalue weighted by molar-refractivity contribution is 0.699. The first kappa shape index (κ1) is 12.9. The van der Waals surface area contributed by atoms with Crippen molar-refractivity contribution >= 4 is 27.3 Å². The highest BCUT2D eigenvalue weighted by molar-refractivity contribution is 9.10. The Morgan fingerprint density at radius 1 is 1.10 bits per heavy atom. The molecule has 0 spiro atoms. The molecule has 0 amide bonds. The first-order valence-corrected chi connectivity index (χ1v) is 7.98. The van der Waals surface area contributed by atoms with E-state index in [0.717, 1.165) is 29.6 Å². The number of nitrogens with zero attached hydrogens (tertiary/aromatic N) is 3. The lowest BCUT2D eigenvalue weighted by Crippen LogP contribution is -2.31. The summed E-state index contributed by atoms with van der Waals surface area (Å²) in [5.41, 5.74) is 6.11. The number of benzene rings is 1. The largest absolute Gasteiger partial charge is 0.365 e. The number of aryl methyl sites for hydroxylation is 1. The first-order valence-electron chi connectivity index (χ1n) is 7.19. The van der Waals surface area contributed by atoms with Gasteiger partial charge in [0.2, 0.25) is 0 Å². The van der Waals surface area contributed by atoms with E-state index in [-0.39, 0.29) is 0 Å². The normalized spacial score (nSPS) is 14.5. The Hall–Kier alpha value is -1.81. The summed E-state index contributed by atoms with van der Waals surface area (Å²) in [6, 6.07) is 14.8. The predicted molar refractivity (Wildman–Crippen MR) is 88.8 cm³/mol. The van der Waals surface area contributed by atoms with E-state index in [1.54, 1.807) is 0 Å². The molecule has 0 N–H and O–H groups in total. The molecular weight excluding hydrogens is 326 g/mol. The standard InChI is InChI=1S/C17H16BrN3/c1-12-14(18)7-8-17-19-15-9-10-20(11-16(15)21(12)17)13-5-3-2-4-6-13/h2-8H,9-11H2,1H3. The third kappa shape index (κ3) is 2.05. The van der Waals surface area contributed by atoms with Gasteiger partial charge in [-0.2, -0.15) is 0 Å². The molecule has 1 aliphatic heterocycles. The van der Waals surface area contributed by atoms with Crippen LogP contribution in [0.5, 0.6) is 0 Å². The fraction of sp³-hybridized carbons (Fsp3) is 0.235. The molecule has 4 rings (SSSR count). The SMILES string of the molecule is Cc1c(Br)ccc2nc3c(n12)CN(c1ccccc1)CC3. The van der Waals surface area contributed by atoms with E-state index in [1.807, 2.05) is 0 Å². The van der Waals surface area contributed by atoms with Crippen LogP contribution in [0.25, 0.3) is 5.65 Å². The molecule has 4 heteroatoms. The van der Waals surface area contributed by atoms with Gasteiger partial charge in [-0.25, -0.2) is 4.98 Å². The van der Waals surface area contributed by atoms with Gasteiger partial charge in [0.05, 0.1) is 17.9 Å². The Balaban J connectivity index is 1.83. The van der Waals surface area contributed by atoms with E-state index < -0.39 is 0 Å². The van der Waals surface area contributed by atoms with Gasteiger partial charge >= 0.3 is 0 Å². The third-order valence-electron chi connectivity index (χ3n) is 4.22. The number of rotatable bonds is 1. The van der Waals surface area contributed by atoms with Crippen LogP contribution in [0.4, 0.5) is 5.69 Å². The lowest BCUT2D eigenvalue weighted by atomic mass is 10.1. The van der Waals surface area contributed by atoms with E-state index in [4.69, 9.17) is 4.98 Å². The summed E-state index contributed by atoms with van der Waals surface area (Å²) < 4.78 is 3.42. The van der Waals surface area contributed by atoms with E-state index in [2.05, 4.69) is 74.6 Å². The fourth-order valence-electron chi connectivity index (χ4n) is 3.10. The van der Waals surface area contributed by atoms with E-state index in [0.29, 0.717) is 0 Å². The van der Waals surface area contributed by atoms with Crippen molar-refractivity contribution in [2.75, 3.05) is 11.4 Å². The van der Waals surface area contributed by atoms with Crippen LogP contribution >= 0.6 is 15.9 Å². The monoisotopic (exact) mass is 341 g/mol. The molecule has 0 unspecified atom stereocenters. The summed E-state index contributed by atoms with van der Waals surface area (Å²) in [7, 11) is 0. The molecule has 3 nitrogen and oxygen atoms in total. The van der Waals surface area contributed by atoms with Crippen LogP contribution in [-0.2, 0) is 13.0 Å². The van der Waals surface area contributed by atoms with Gasteiger partial charge < -0.3 is 4.90 Å². The molecule has 1 aromatic carbocycles. The molecule has 0 aliphatic carbocycles. The van der Waals surface area contributed by atoms with Gasteiger partial charge in [-0.15, -0.1) is 0 Å². The highest BCUT2D eigenvalue weighted by Crippen LogP contribution is 2.28. The minimum Gasteiger partial charge on any atom is -0.365 e. The highest BCUT2D eigenvalue weighted by atomic mass is 79.9. The van der Waals surface area contributed by atoms with Crippen LogP contribution in [0.1, 0.15) is 17.1 Å². The van der Waals surface area contributed by atoms with Gasteiger partial charge in [0.25, 0.3) is 0 Å². The molecule has 0 saturated carbocycles. The van der Waals surface area contributed by atoms with Gasteiger partial charge in [0.1, 0.15) is 5.65 Å². The molecule has 1 aliphatic rings. The molecule has 0 fully saturated rings. The zero-order valence-corrected chi connectivity index (χ0v) is 13.5. The van der Waals surface area contributed by atoms with Crippen molar-refractivity contribution in [3.05, 3.63) is 64.0 Å². The second-order valence-corrected chi connectivity index (χ2v) is 6.33. The van der Waals surface area contributed by atoms with Gasteiger partial charge in [0, 0.05) is 28.8 Å². The smallest absolute Gasteiger partial charge is 0.137 e. The molecule has 0 atom stereocenters. The van der Waals surface area contributed by atoms with Crippen molar-refractivity contribution in [3.63, 3.8) is 0 Å². The zero-order chi connectivity index (χ0) is 14.4. The summed E-state index contributed by atoms with van der Waals surface area (Å²) in [5, 5.41) is 0. The molecule has 3 aromatic rings. The minimum absolute atomic E-state index is 0.914. The molecular formula is C17H16BrN3. The van der Waals surface area contributed by atoms with Crippen LogP contribution in [0.15, 0.2) is 46.9 Å². The maximum absolute atomic E-state index is 4.80. The second-order valence-electron chi connectivity index (χ2n) is 5.47. The number of fused-ring (bicyclic) bond motifs is 3. The van der Waals surface area contributed by atoms with Crippen LogP contribution in [0, 0.1) is 6.92 Å². The van der Waals surface area contributed by atoms with Crippen LogP contribution in [0.3, 0.4) is 0 Å². The number of imidazole rings is 1. The van der Waals surface area contributed by atoms with Crippen molar-refractivity contribution in [1.82, 2.24) is 9.38 Å². The van der Waals surface area contributed by atoms with E-state index in [1.165, 1.54) is 22.8 Å². The van der Waals surface area contributed by atoms with E-state index >= 15 is 0 Å². The average Bonchev–Trinajstić information content (AvgIpc) is 2.90. The van der Waals surface area contributed by atoms with Gasteiger partial charge in [-0.05, 0) is 47.1 Å². The van der Waals surface area contributed by atoms with Crippen LogP contribution < -0.4 is 4.90 Å². The number of para-hydroxylation sites is 1. The molecule has 3 heterocycles. The summed E-state index contributed by atoms with van der Waals surface area (Å²) in [5.74, 6) is 0. The Bertz CT molecular complexity index is 808. The molecule has 106 valence electrons. The average molecular weight is 342 g/mol. The third-order valence-corrected chi connectivity index (χ3v) is 5.06. The van der Waals surface area contributed by atoms with Gasteiger partial charge in [0.15, 0.2) is 0 Å². The number of aromatic nitrogens is 2. The van der Waals surface area contributed by atoms with Gasteiger partial charge in [-0.1, -0.05) is 18.2 Å². The summed E-state index contributed by atoms with van der Waals surface area (Å²) >= 11 is 3.63. The molecule has 2 aromatic heterocycles. The summed E-state index contributed by atoms with van der Waals surface area (Å²) in [4.78, 5) is 7.23. The topological polar surface area (TPSA) is 20.5 Å². The molecule has 21 heavy (non-hydrogen) atoms. The number of hydrogen-bond acceptors (Lipinski definition) is 2. The van der Waals surface area contributed by atoms with Gasteiger partial charge in [-0.3, -0.25) is 4.40 Å². The quantitative estimate of drug-likeness (QED) is 0.667. The Morgan fingerprint density at radius 3 is 2.71 bits per heavy atom. The summed E-state index contributed by atoms with van der Waals surface area (Å²) in [6.07, 6.45) is 1.00. The number of anilines is 1. The van der Waals surface area contributed by atoms with Crippen molar-refractivity contribution in [2.24, 2.45) is 0 Å².